The molecule has 3 aliphatic rings. The smallest absolute Gasteiger partial charge is 0.306 e. The van der Waals surface area contributed by atoms with Crippen molar-refractivity contribution in [1.29, 1.82) is 0 Å². The Bertz CT molecular complexity index is 729. The molecule has 0 aromatic rings. The van der Waals surface area contributed by atoms with Gasteiger partial charge in [-0.05, 0) is 51.1 Å². The van der Waals surface area contributed by atoms with Crippen LogP contribution >= 0.6 is 31.9 Å². The summed E-state index contributed by atoms with van der Waals surface area (Å²) in [6.07, 6.45) is 4.91. The highest BCUT2D eigenvalue weighted by Gasteiger charge is 2.51. The summed E-state index contributed by atoms with van der Waals surface area (Å²) in [5, 5.41) is 0. The summed E-state index contributed by atoms with van der Waals surface area (Å²) in [6, 6.07) is 0. The Morgan fingerprint density at radius 3 is 2.10 bits per heavy atom. The first-order valence-corrected chi connectivity index (χ1v) is 11.8. The van der Waals surface area contributed by atoms with Crippen LogP contribution in [0.1, 0.15) is 38.5 Å². The summed E-state index contributed by atoms with van der Waals surface area (Å²) in [4.78, 5) is 36.8. The van der Waals surface area contributed by atoms with E-state index in [0.29, 0.717) is 44.5 Å². The van der Waals surface area contributed by atoms with Crippen LogP contribution in [0, 0.1) is 23.7 Å². The molecule has 1 fully saturated rings. The Morgan fingerprint density at radius 2 is 1.50 bits per heavy atom. The zero-order valence-corrected chi connectivity index (χ0v) is 19.8. The minimum Gasteiger partial charge on any atom is -0.462 e. The monoisotopic (exact) mass is 545 g/mol. The Hall–Kier alpha value is -1.21. The third-order valence-electron chi connectivity index (χ3n) is 5.41. The average molecular weight is 547 g/mol. The molecule has 0 radical (unpaired) electrons. The van der Waals surface area contributed by atoms with Gasteiger partial charge >= 0.3 is 5.97 Å². The van der Waals surface area contributed by atoms with Gasteiger partial charge in [0.15, 0.2) is 0 Å². The highest BCUT2D eigenvalue weighted by atomic mass is 79.9. The number of amides is 2. The van der Waals surface area contributed by atoms with Gasteiger partial charge in [0, 0.05) is 37.7 Å². The summed E-state index contributed by atoms with van der Waals surface area (Å²) in [6.45, 7) is 1.61. The zero-order chi connectivity index (χ0) is 21.5. The predicted molar refractivity (Wildman–Crippen MR) is 116 cm³/mol. The molecule has 1 saturated carbocycles. The number of hydrogen-bond donors (Lipinski definition) is 0. The van der Waals surface area contributed by atoms with Gasteiger partial charge < -0.3 is 14.2 Å². The lowest BCUT2D eigenvalue weighted by atomic mass is 10.1. The van der Waals surface area contributed by atoms with E-state index < -0.39 is 0 Å². The van der Waals surface area contributed by atoms with Gasteiger partial charge in [0.2, 0.25) is 0 Å². The van der Waals surface area contributed by atoms with Gasteiger partial charge in [0.1, 0.15) is 15.1 Å². The van der Waals surface area contributed by atoms with Crippen LogP contribution in [-0.4, -0.2) is 61.8 Å². The largest absolute Gasteiger partial charge is 0.462 e. The van der Waals surface area contributed by atoms with Crippen LogP contribution in [0.2, 0.25) is 0 Å². The second kappa shape index (κ2) is 11.4. The molecule has 0 saturated heterocycles. The third kappa shape index (κ3) is 6.16. The first-order chi connectivity index (χ1) is 14.5. The minimum atomic E-state index is -0.372. The van der Waals surface area contributed by atoms with Crippen LogP contribution in [0.4, 0.5) is 0 Å². The second-order valence-corrected chi connectivity index (χ2v) is 9.02. The van der Waals surface area contributed by atoms with Crippen LogP contribution in [0.3, 0.4) is 0 Å². The number of carbonyl (C=O) groups is 3. The van der Waals surface area contributed by atoms with Crippen LogP contribution in [0.5, 0.6) is 0 Å². The Balaban J connectivity index is 1.16. The van der Waals surface area contributed by atoms with E-state index in [1.54, 1.807) is 0 Å². The molecule has 30 heavy (non-hydrogen) atoms. The Labute approximate surface area is 193 Å². The van der Waals surface area contributed by atoms with Crippen molar-refractivity contribution in [3.63, 3.8) is 0 Å². The van der Waals surface area contributed by atoms with Crippen LogP contribution < -0.4 is 0 Å². The number of fused-ring (bicyclic) bond motifs is 1. The highest BCUT2D eigenvalue weighted by Crippen LogP contribution is 2.48. The summed E-state index contributed by atoms with van der Waals surface area (Å²) < 4.78 is 16.9. The van der Waals surface area contributed by atoms with Crippen molar-refractivity contribution in [1.82, 2.24) is 4.90 Å². The molecular formula is C21H25Br2NO6. The number of carbonyl (C=O) groups excluding carboxylic acids is 3. The number of esters is 1. The molecule has 164 valence electrons. The highest BCUT2D eigenvalue weighted by molar-refractivity contribution is 9.14. The second-order valence-electron chi connectivity index (χ2n) is 7.43. The third-order valence-corrected chi connectivity index (χ3v) is 7.41. The summed E-state index contributed by atoms with van der Waals surface area (Å²) in [7, 11) is 0. The molecule has 1 heterocycles. The molecule has 2 amide bonds. The molecule has 0 bridgehead atoms. The van der Waals surface area contributed by atoms with Crippen molar-refractivity contribution in [2.24, 2.45) is 11.8 Å². The molecule has 3 rings (SSSR count). The molecule has 9 heteroatoms. The van der Waals surface area contributed by atoms with E-state index in [0.717, 1.165) is 30.6 Å². The summed E-state index contributed by atoms with van der Waals surface area (Å²) in [5.74, 6) is 6.41. The van der Waals surface area contributed by atoms with E-state index in [1.807, 2.05) is 0 Å². The van der Waals surface area contributed by atoms with Gasteiger partial charge in [-0.2, -0.15) is 0 Å². The number of halogens is 2. The molecule has 2 aliphatic carbocycles. The number of hydrogen-bond acceptors (Lipinski definition) is 6. The lowest BCUT2D eigenvalue weighted by molar-refractivity contribution is -0.146. The standard InChI is InChI=1S/C21H25Br2NO6/c22-17-18(23)21(27)24(20(17)26)9-11-29-13-12-28-10-5-8-16(25)30-19-14-6-3-1-2-4-7-15(14)19/h14-15,19H,3-13H2. The van der Waals surface area contributed by atoms with Crippen LogP contribution in [-0.2, 0) is 28.6 Å². The fraction of sp³-hybridized carbons (Fsp3) is 0.667. The lowest BCUT2D eigenvalue weighted by Gasteiger charge is -2.14. The van der Waals surface area contributed by atoms with E-state index >= 15 is 0 Å². The molecule has 2 atom stereocenters. The molecule has 2 unspecified atom stereocenters. The number of nitrogens with zero attached hydrogens (tertiary/aromatic N) is 1. The predicted octanol–water partition coefficient (Wildman–Crippen LogP) is 2.91. The molecular weight excluding hydrogens is 522 g/mol. The first kappa shape index (κ1) is 23.5. The number of ether oxygens (including phenoxy) is 3. The van der Waals surface area contributed by atoms with Gasteiger partial charge in [-0.25, -0.2) is 0 Å². The van der Waals surface area contributed by atoms with Crippen molar-refractivity contribution < 1.29 is 28.6 Å². The van der Waals surface area contributed by atoms with Crippen molar-refractivity contribution in [3.05, 3.63) is 8.96 Å². The van der Waals surface area contributed by atoms with E-state index in [2.05, 4.69) is 43.7 Å². The molecule has 0 spiro atoms. The number of rotatable bonds is 11. The van der Waals surface area contributed by atoms with E-state index in [1.165, 1.54) is 0 Å². The maximum Gasteiger partial charge on any atom is 0.306 e. The normalized spacial score (nSPS) is 25.4. The molecule has 0 aromatic heterocycles. The van der Waals surface area contributed by atoms with Crippen molar-refractivity contribution >= 4 is 49.6 Å². The maximum atomic E-state index is 12.0. The van der Waals surface area contributed by atoms with Crippen molar-refractivity contribution in [2.45, 2.75) is 44.6 Å². The summed E-state index contributed by atoms with van der Waals surface area (Å²) in [5.41, 5.74) is 0. The van der Waals surface area contributed by atoms with Gasteiger partial charge in [-0.3, -0.25) is 19.3 Å². The van der Waals surface area contributed by atoms with Gasteiger partial charge in [-0.1, -0.05) is 0 Å². The van der Waals surface area contributed by atoms with Crippen LogP contribution in [0.25, 0.3) is 0 Å². The van der Waals surface area contributed by atoms with E-state index in [-0.39, 0.29) is 46.0 Å². The van der Waals surface area contributed by atoms with Gasteiger partial charge in [-0.15, -0.1) is 11.8 Å². The van der Waals surface area contributed by atoms with Crippen molar-refractivity contribution in [2.75, 3.05) is 33.0 Å². The molecule has 0 N–H and O–H groups in total. The Morgan fingerprint density at radius 1 is 0.933 bits per heavy atom. The van der Waals surface area contributed by atoms with E-state index in [9.17, 15) is 14.4 Å². The average Bonchev–Trinajstić information content (AvgIpc) is 3.30. The Kier molecular flexibility index (Phi) is 8.93. The maximum absolute atomic E-state index is 12.0. The fourth-order valence-electron chi connectivity index (χ4n) is 3.72. The zero-order valence-electron chi connectivity index (χ0n) is 16.7. The number of imide groups is 1. The molecule has 7 nitrogen and oxygen atoms in total. The summed E-state index contributed by atoms with van der Waals surface area (Å²) >= 11 is 6.16. The lowest BCUT2D eigenvalue weighted by Crippen LogP contribution is -2.34. The topological polar surface area (TPSA) is 82.1 Å². The van der Waals surface area contributed by atoms with Crippen LogP contribution in [0.15, 0.2) is 8.96 Å². The van der Waals surface area contributed by atoms with Gasteiger partial charge in [0.05, 0.1) is 26.4 Å². The fourth-order valence-corrected chi connectivity index (χ4v) is 4.49. The first-order valence-electron chi connectivity index (χ1n) is 10.2. The SMILES string of the molecule is O=C(CCCOCCOCCN1C(=O)C(Br)=C(Br)C1=O)OC1C2CCC#CCCC21. The van der Waals surface area contributed by atoms with Gasteiger partial charge in [0.25, 0.3) is 11.8 Å². The molecule has 1 aliphatic heterocycles. The van der Waals surface area contributed by atoms with E-state index in [4.69, 9.17) is 14.2 Å². The van der Waals surface area contributed by atoms with Crippen molar-refractivity contribution in [3.8, 4) is 11.8 Å². The minimum absolute atomic E-state index is 0.0827. The molecule has 0 aromatic carbocycles. The quantitative estimate of drug-likeness (QED) is 0.171.